The SMILES string of the molecule is CCOC(=O)N(CC(N)=O)CC(=O)O. The molecule has 0 unspecified atom stereocenters. The van der Waals surface area contributed by atoms with Crippen molar-refractivity contribution in [2.45, 2.75) is 6.92 Å². The molecule has 80 valence electrons. The molecule has 0 heterocycles. The average Bonchev–Trinajstić information content (AvgIpc) is 2.01. The summed E-state index contributed by atoms with van der Waals surface area (Å²) in [4.78, 5) is 32.5. The number of nitrogens with two attached hydrogens (primary N) is 1. The number of carboxylic acids is 1. The first-order chi connectivity index (χ1) is 6.47. The van der Waals surface area contributed by atoms with Gasteiger partial charge >= 0.3 is 12.1 Å². The molecule has 0 radical (unpaired) electrons. The van der Waals surface area contributed by atoms with Crippen molar-refractivity contribution in [1.29, 1.82) is 0 Å². The Morgan fingerprint density at radius 2 is 1.93 bits per heavy atom. The van der Waals surface area contributed by atoms with Crippen LogP contribution in [0.2, 0.25) is 0 Å². The molecule has 0 saturated carbocycles. The fourth-order valence-corrected chi connectivity index (χ4v) is 0.751. The molecule has 14 heavy (non-hydrogen) atoms. The zero-order valence-corrected chi connectivity index (χ0v) is 7.73. The average molecular weight is 204 g/mol. The zero-order valence-electron chi connectivity index (χ0n) is 7.73. The lowest BCUT2D eigenvalue weighted by Crippen LogP contribution is -2.41. The van der Waals surface area contributed by atoms with Crippen LogP contribution in [0.3, 0.4) is 0 Å². The monoisotopic (exact) mass is 204 g/mol. The molecule has 0 aliphatic heterocycles. The maximum atomic E-state index is 11.0. The Labute approximate surface area is 80.4 Å². The van der Waals surface area contributed by atoms with E-state index in [4.69, 9.17) is 10.8 Å². The van der Waals surface area contributed by atoms with Gasteiger partial charge in [-0.1, -0.05) is 0 Å². The maximum Gasteiger partial charge on any atom is 0.410 e. The predicted octanol–water partition coefficient (Wildman–Crippen LogP) is -0.985. The van der Waals surface area contributed by atoms with Crippen molar-refractivity contribution in [3.63, 3.8) is 0 Å². The Hall–Kier alpha value is -1.79. The molecule has 0 aromatic carbocycles. The number of ether oxygens (including phenoxy) is 1. The highest BCUT2D eigenvalue weighted by Crippen LogP contribution is 1.93. The Balaban J connectivity index is 4.29. The van der Waals surface area contributed by atoms with E-state index in [0.29, 0.717) is 4.90 Å². The van der Waals surface area contributed by atoms with E-state index >= 15 is 0 Å². The Kier molecular flexibility index (Phi) is 5.05. The molecule has 0 atom stereocenters. The van der Waals surface area contributed by atoms with Crippen molar-refractivity contribution in [3.8, 4) is 0 Å². The number of rotatable bonds is 5. The first kappa shape index (κ1) is 12.2. The summed E-state index contributed by atoms with van der Waals surface area (Å²) >= 11 is 0. The molecular weight excluding hydrogens is 192 g/mol. The van der Waals surface area contributed by atoms with E-state index < -0.39 is 31.1 Å². The molecule has 3 N–H and O–H groups in total. The fourth-order valence-electron chi connectivity index (χ4n) is 0.751. The summed E-state index contributed by atoms with van der Waals surface area (Å²) < 4.78 is 4.52. The molecule has 2 amide bonds. The van der Waals surface area contributed by atoms with E-state index in [1.54, 1.807) is 6.92 Å². The van der Waals surface area contributed by atoms with Gasteiger partial charge in [-0.2, -0.15) is 0 Å². The second-order valence-electron chi connectivity index (χ2n) is 2.42. The van der Waals surface area contributed by atoms with Crippen LogP contribution in [0.25, 0.3) is 0 Å². The molecule has 7 nitrogen and oxygen atoms in total. The van der Waals surface area contributed by atoms with Crippen molar-refractivity contribution < 1.29 is 24.2 Å². The van der Waals surface area contributed by atoms with Crippen molar-refractivity contribution in [3.05, 3.63) is 0 Å². The topological polar surface area (TPSA) is 110 Å². The van der Waals surface area contributed by atoms with Gasteiger partial charge in [0.2, 0.25) is 5.91 Å². The van der Waals surface area contributed by atoms with Crippen LogP contribution < -0.4 is 5.73 Å². The minimum atomic E-state index is -1.24. The van der Waals surface area contributed by atoms with Crippen LogP contribution >= 0.6 is 0 Å². The molecule has 0 aliphatic carbocycles. The number of aliphatic carboxylic acids is 1. The largest absolute Gasteiger partial charge is 0.480 e. The van der Waals surface area contributed by atoms with Gasteiger partial charge in [0.05, 0.1) is 6.61 Å². The van der Waals surface area contributed by atoms with E-state index in [9.17, 15) is 14.4 Å². The first-order valence-electron chi connectivity index (χ1n) is 3.89. The number of hydrogen-bond acceptors (Lipinski definition) is 4. The number of amides is 2. The third kappa shape index (κ3) is 4.96. The van der Waals surface area contributed by atoms with Crippen LogP contribution in [-0.2, 0) is 14.3 Å². The second-order valence-corrected chi connectivity index (χ2v) is 2.42. The number of carboxylic acid groups (broad SMARTS) is 1. The van der Waals surface area contributed by atoms with Gasteiger partial charge in [-0.25, -0.2) is 4.79 Å². The van der Waals surface area contributed by atoms with E-state index in [-0.39, 0.29) is 6.61 Å². The number of hydrogen-bond donors (Lipinski definition) is 2. The Morgan fingerprint density at radius 1 is 1.36 bits per heavy atom. The number of carbonyl (C=O) groups is 3. The zero-order chi connectivity index (χ0) is 11.1. The Bertz CT molecular complexity index is 224. The minimum absolute atomic E-state index is 0.105. The van der Waals surface area contributed by atoms with Crippen molar-refractivity contribution >= 4 is 18.0 Å². The summed E-state index contributed by atoms with van der Waals surface area (Å²) in [6.45, 7) is 0.599. The molecule has 0 aromatic heterocycles. The third-order valence-electron chi connectivity index (χ3n) is 1.20. The fraction of sp³-hybridized carbons (Fsp3) is 0.571. The summed E-state index contributed by atoms with van der Waals surface area (Å²) in [6.07, 6.45) is -0.867. The van der Waals surface area contributed by atoms with Gasteiger partial charge in [-0.15, -0.1) is 0 Å². The molecule has 7 heteroatoms. The van der Waals surface area contributed by atoms with Crippen molar-refractivity contribution in [2.75, 3.05) is 19.7 Å². The molecule has 0 bridgehead atoms. The molecular formula is C7H12N2O5. The van der Waals surface area contributed by atoms with Crippen LogP contribution in [0.1, 0.15) is 6.92 Å². The van der Waals surface area contributed by atoms with Gasteiger partial charge < -0.3 is 15.6 Å². The van der Waals surface area contributed by atoms with Crippen LogP contribution in [0.5, 0.6) is 0 Å². The highest BCUT2D eigenvalue weighted by atomic mass is 16.6. The third-order valence-corrected chi connectivity index (χ3v) is 1.20. The van der Waals surface area contributed by atoms with E-state index in [1.807, 2.05) is 0 Å². The predicted molar refractivity (Wildman–Crippen MR) is 45.4 cm³/mol. The quantitative estimate of drug-likeness (QED) is 0.597. The molecule has 0 aliphatic rings. The molecule has 0 saturated heterocycles. The Morgan fingerprint density at radius 3 is 2.29 bits per heavy atom. The van der Waals surface area contributed by atoms with Crippen molar-refractivity contribution in [2.24, 2.45) is 5.73 Å². The van der Waals surface area contributed by atoms with Gasteiger partial charge in [-0.3, -0.25) is 14.5 Å². The first-order valence-corrected chi connectivity index (χ1v) is 3.89. The van der Waals surface area contributed by atoms with E-state index in [2.05, 4.69) is 4.74 Å². The van der Waals surface area contributed by atoms with Gasteiger partial charge in [-0.05, 0) is 6.92 Å². The van der Waals surface area contributed by atoms with Crippen LogP contribution in [-0.4, -0.2) is 47.7 Å². The standard InChI is InChI=1S/C7H12N2O5/c1-2-14-7(13)9(3-5(8)10)4-6(11)12/h2-4H2,1H3,(H2,8,10)(H,11,12). The van der Waals surface area contributed by atoms with Crippen LogP contribution in [0.4, 0.5) is 4.79 Å². The van der Waals surface area contributed by atoms with Crippen molar-refractivity contribution in [1.82, 2.24) is 4.90 Å². The minimum Gasteiger partial charge on any atom is -0.480 e. The maximum absolute atomic E-state index is 11.0. The van der Waals surface area contributed by atoms with E-state index in [1.165, 1.54) is 0 Å². The smallest absolute Gasteiger partial charge is 0.410 e. The molecule has 0 fully saturated rings. The van der Waals surface area contributed by atoms with Crippen LogP contribution in [0, 0.1) is 0 Å². The van der Waals surface area contributed by atoms with Crippen LogP contribution in [0.15, 0.2) is 0 Å². The molecule has 0 spiro atoms. The summed E-state index contributed by atoms with van der Waals surface area (Å²) in [5, 5.41) is 8.41. The normalized spacial score (nSPS) is 9.21. The second kappa shape index (κ2) is 5.79. The van der Waals surface area contributed by atoms with Gasteiger partial charge in [0.1, 0.15) is 13.1 Å². The van der Waals surface area contributed by atoms with Gasteiger partial charge in [0, 0.05) is 0 Å². The van der Waals surface area contributed by atoms with Gasteiger partial charge in [0.15, 0.2) is 0 Å². The summed E-state index contributed by atoms with van der Waals surface area (Å²) in [7, 11) is 0. The lowest BCUT2D eigenvalue weighted by atomic mass is 10.5. The summed E-state index contributed by atoms with van der Waals surface area (Å²) in [5.41, 5.74) is 4.82. The highest BCUT2D eigenvalue weighted by Gasteiger charge is 2.19. The van der Waals surface area contributed by atoms with Gasteiger partial charge in [0.25, 0.3) is 0 Å². The lowest BCUT2D eigenvalue weighted by Gasteiger charge is -2.17. The summed E-state index contributed by atoms with van der Waals surface area (Å²) in [5.74, 6) is -2.03. The number of carbonyl (C=O) groups excluding carboxylic acids is 2. The summed E-state index contributed by atoms with van der Waals surface area (Å²) in [6, 6.07) is 0. The number of nitrogens with zero attached hydrogens (tertiary/aromatic N) is 1. The highest BCUT2D eigenvalue weighted by molar-refractivity contribution is 5.83. The molecule has 0 aromatic rings. The van der Waals surface area contributed by atoms with E-state index in [0.717, 1.165) is 0 Å². The lowest BCUT2D eigenvalue weighted by molar-refractivity contribution is -0.138. The molecule has 0 rings (SSSR count). The number of primary amides is 1.